The minimum atomic E-state index is -1.46. The highest BCUT2D eigenvalue weighted by Crippen LogP contribution is 2.60. The van der Waals surface area contributed by atoms with Crippen molar-refractivity contribution in [3.05, 3.63) is 0 Å². The van der Waals surface area contributed by atoms with E-state index in [2.05, 4.69) is 12.2 Å². The third-order valence-corrected chi connectivity index (χ3v) is 7.94. The summed E-state index contributed by atoms with van der Waals surface area (Å²) >= 11 is 0. The van der Waals surface area contributed by atoms with Crippen LogP contribution in [0.5, 0.6) is 0 Å². The summed E-state index contributed by atoms with van der Waals surface area (Å²) in [5.74, 6) is -4.23. The molecule has 4 aliphatic heterocycles. The van der Waals surface area contributed by atoms with Gasteiger partial charge in [0.2, 0.25) is 23.9 Å². The number of esters is 1. The lowest BCUT2D eigenvalue weighted by Gasteiger charge is -2.59. The Labute approximate surface area is 203 Å². The molecule has 35 heavy (non-hydrogen) atoms. The van der Waals surface area contributed by atoms with E-state index in [1.54, 1.807) is 6.92 Å². The summed E-state index contributed by atoms with van der Waals surface area (Å²) in [6.45, 7) is 5.95. The zero-order valence-electron chi connectivity index (χ0n) is 20.2. The average Bonchev–Trinajstić information content (AvgIpc) is 3.01. The van der Waals surface area contributed by atoms with Gasteiger partial charge in [-0.05, 0) is 38.0 Å². The highest BCUT2D eigenvalue weighted by atomic mass is 17.3. The van der Waals surface area contributed by atoms with Crippen LogP contribution in [0.15, 0.2) is 0 Å². The molecule has 5 aliphatic rings. The summed E-state index contributed by atoms with van der Waals surface area (Å²) in [5.41, 5.74) is 4.23. The molecule has 4 saturated heterocycles. The number of carboxylic acid groups (broad SMARTS) is 1. The number of ether oxygens (including phenoxy) is 3. The van der Waals surface area contributed by atoms with Crippen molar-refractivity contribution in [1.29, 1.82) is 0 Å². The van der Waals surface area contributed by atoms with E-state index in [1.165, 1.54) is 0 Å². The molecule has 1 aliphatic carbocycles. The predicted octanol–water partition coefficient (Wildman–Crippen LogP) is 0.963. The fraction of sp³-hybridized carbons (Fsp3) is 0.826. The van der Waals surface area contributed by atoms with Gasteiger partial charge < -0.3 is 30.4 Å². The normalized spacial score (nSPS) is 40.7. The molecule has 0 unspecified atom stereocenters. The summed E-state index contributed by atoms with van der Waals surface area (Å²) in [6.07, 6.45) is 0.584. The molecule has 4 heterocycles. The van der Waals surface area contributed by atoms with Gasteiger partial charge in [0.25, 0.3) is 0 Å². The predicted molar refractivity (Wildman–Crippen MR) is 116 cm³/mol. The Morgan fingerprint density at radius 2 is 1.86 bits per heavy atom. The molecular weight excluding hydrogens is 464 g/mol. The van der Waals surface area contributed by atoms with E-state index in [1.807, 2.05) is 6.92 Å². The lowest BCUT2D eigenvalue weighted by Crippen LogP contribution is -2.70. The number of nitrogens with two attached hydrogens (primary N) is 1. The van der Waals surface area contributed by atoms with Crippen molar-refractivity contribution in [1.82, 2.24) is 5.32 Å². The van der Waals surface area contributed by atoms with Crippen LogP contribution in [0.1, 0.15) is 65.7 Å². The van der Waals surface area contributed by atoms with E-state index in [0.29, 0.717) is 12.3 Å². The number of hydrogen-bond acceptors (Lipinski definition) is 9. The lowest BCUT2D eigenvalue weighted by molar-refractivity contribution is -0.576. The van der Waals surface area contributed by atoms with Crippen molar-refractivity contribution in [2.45, 2.75) is 95.7 Å². The molecule has 196 valence electrons. The molecule has 5 fully saturated rings. The number of hydrogen-bond donors (Lipinski definition) is 3. The number of amides is 2. The van der Waals surface area contributed by atoms with Gasteiger partial charge in [-0.2, -0.15) is 0 Å². The molecule has 0 aromatic carbocycles. The van der Waals surface area contributed by atoms with Gasteiger partial charge in [-0.15, -0.1) is 0 Å². The Hall–Kier alpha value is -2.28. The van der Waals surface area contributed by atoms with Crippen LogP contribution in [0.3, 0.4) is 0 Å². The molecule has 2 amide bonds. The molecule has 1 spiro atoms. The van der Waals surface area contributed by atoms with Gasteiger partial charge in [-0.1, -0.05) is 13.8 Å². The van der Waals surface area contributed by atoms with Crippen LogP contribution in [-0.2, 0) is 43.2 Å². The summed E-state index contributed by atoms with van der Waals surface area (Å²) in [6, 6.07) is -1.46. The van der Waals surface area contributed by atoms with Crippen molar-refractivity contribution in [3.8, 4) is 0 Å². The van der Waals surface area contributed by atoms with Gasteiger partial charge in [-0.3, -0.25) is 14.4 Å². The summed E-state index contributed by atoms with van der Waals surface area (Å²) in [4.78, 5) is 58.6. The topological polar surface area (TPSA) is 173 Å². The number of carboxylic acids is 1. The van der Waals surface area contributed by atoms with Crippen molar-refractivity contribution in [2.75, 3.05) is 0 Å². The van der Waals surface area contributed by atoms with Crippen molar-refractivity contribution >= 4 is 23.8 Å². The second-order valence-corrected chi connectivity index (χ2v) is 10.4. The molecule has 0 aromatic heterocycles. The number of fused-ring (bicyclic) bond motifs is 2. The van der Waals surface area contributed by atoms with E-state index in [0.717, 1.165) is 19.3 Å². The van der Waals surface area contributed by atoms with E-state index < -0.39 is 60.2 Å². The largest absolute Gasteiger partial charge is 0.480 e. The molecule has 12 nitrogen and oxygen atoms in total. The summed E-state index contributed by atoms with van der Waals surface area (Å²) < 4.78 is 18.0. The van der Waals surface area contributed by atoms with Gasteiger partial charge >= 0.3 is 11.9 Å². The number of carbonyl (C=O) groups excluding carboxylic acids is 3. The van der Waals surface area contributed by atoms with Crippen LogP contribution in [0.25, 0.3) is 0 Å². The molecular formula is C23H34N2O10. The molecule has 4 N–H and O–H groups in total. The van der Waals surface area contributed by atoms with E-state index >= 15 is 0 Å². The third kappa shape index (κ3) is 4.89. The highest BCUT2D eigenvalue weighted by Gasteiger charge is 2.69. The second kappa shape index (κ2) is 9.64. The van der Waals surface area contributed by atoms with Crippen LogP contribution >= 0.6 is 0 Å². The lowest BCUT2D eigenvalue weighted by atomic mass is 9.58. The van der Waals surface area contributed by atoms with Gasteiger partial charge in [0.15, 0.2) is 11.9 Å². The molecule has 5 rings (SSSR count). The number of rotatable bonds is 8. The average molecular weight is 499 g/mol. The maximum Gasteiger partial charge on any atom is 0.326 e. The van der Waals surface area contributed by atoms with Crippen molar-refractivity contribution in [3.63, 3.8) is 0 Å². The van der Waals surface area contributed by atoms with Gasteiger partial charge in [0, 0.05) is 24.7 Å². The first-order valence-electron chi connectivity index (χ1n) is 12.2. The fourth-order valence-corrected chi connectivity index (χ4v) is 6.08. The molecule has 12 heteroatoms. The number of nitrogens with one attached hydrogen (secondary N) is 1. The van der Waals surface area contributed by atoms with E-state index in [4.69, 9.17) is 34.8 Å². The van der Waals surface area contributed by atoms with Crippen molar-refractivity contribution < 1.29 is 48.3 Å². The number of primary amides is 1. The van der Waals surface area contributed by atoms with E-state index in [9.17, 15) is 19.2 Å². The Morgan fingerprint density at radius 1 is 1.11 bits per heavy atom. The van der Waals surface area contributed by atoms with Crippen LogP contribution in [0, 0.1) is 23.7 Å². The highest BCUT2D eigenvalue weighted by molar-refractivity contribution is 5.89. The second-order valence-electron chi connectivity index (χ2n) is 10.4. The third-order valence-electron chi connectivity index (χ3n) is 7.94. The monoisotopic (exact) mass is 498 g/mol. The van der Waals surface area contributed by atoms with Gasteiger partial charge in [-0.25, -0.2) is 14.6 Å². The minimum absolute atomic E-state index is 0.0173. The zero-order chi connectivity index (χ0) is 25.5. The van der Waals surface area contributed by atoms with E-state index in [-0.39, 0.29) is 30.6 Å². The van der Waals surface area contributed by atoms with Crippen LogP contribution in [-0.4, -0.2) is 58.9 Å². The minimum Gasteiger partial charge on any atom is -0.480 e. The van der Waals surface area contributed by atoms with Crippen LogP contribution in [0.2, 0.25) is 0 Å². The number of aliphatic carboxylic acids is 1. The first kappa shape index (κ1) is 25.8. The standard InChI is InChI=1S/C23H34N2O10/c1-11-4-5-14-12(2)20(32-21-23(14)13(11)8-9-22(3,33-21)34-35-23)31-18(28)7-6-17(27)25-15(19(29)30)10-16(24)26/h11-15,20-21H,4-10H2,1-3H3,(H2,24,26)(H,25,27)(H,29,30)/t11-,12-,13+,14+,15+,20-,21-,22+,23+/m1/s1. The Balaban J connectivity index is 1.38. The first-order valence-corrected chi connectivity index (χ1v) is 12.2. The quantitative estimate of drug-likeness (QED) is 0.323. The molecule has 9 atom stereocenters. The zero-order valence-corrected chi connectivity index (χ0v) is 20.2. The smallest absolute Gasteiger partial charge is 0.326 e. The number of carbonyl (C=O) groups is 4. The maximum atomic E-state index is 12.6. The Morgan fingerprint density at radius 3 is 2.54 bits per heavy atom. The van der Waals surface area contributed by atoms with Gasteiger partial charge in [0.1, 0.15) is 6.04 Å². The molecule has 0 radical (unpaired) electrons. The van der Waals surface area contributed by atoms with Gasteiger partial charge in [0.05, 0.1) is 12.8 Å². The SMILES string of the molecule is C[C@H]1[C@H](OC(=O)CCC(=O)N[C@@H](CC(N)=O)C(=O)O)O[C@@H]2O[C@]3(C)CC[C@H]4[C@H](C)CC[C@@H]1[C@]24OO3. The summed E-state index contributed by atoms with van der Waals surface area (Å²) in [5, 5.41) is 11.3. The fourth-order valence-electron chi connectivity index (χ4n) is 6.08. The van der Waals surface area contributed by atoms with Crippen LogP contribution < -0.4 is 11.1 Å². The first-order chi connectivity index (χ1) is 16.4. The Bertz CT molecular complexity index is 882. The Kier molecular flexibility index (Phi) is 7.11. The summed E-state index contributed by atoms with van der Waals surface area (Å²) in [7, 11) is 0. The van der Waals surface area contributed by atoms with Crippen molar-refractivity contribution in [2.24, 2.45) is 29.4 Å². The van der Waals surface area contributed by atoms with Crippen LogP contribution in [0.4, 0.5) is 0 Å². The maximum absolute atomic E-state index is 12.6. The molecule has 2 bridgehead atoms. The molecule has 1 saturated carbocycles. The molecule has 0 aromatic rings.